The van der Waals surface area contributed by atoms with Crippen LogP contribution < -0.4 is 10.3 Å². The third-order valence-electron chi connectivity index (χ3n) is 4.24. The Balaban J connectivity index is 2.44. The van der Waals surface area contributed by atoms with Gasteiger partial charge in [0.1, 0.15) is 17.4 Å². The van der Waals surface area contributed by atoms with Crippen molar-refractivity contribution < 1.29 is 14.6 Å². The monoisotopic (exact) mass is 374 g/mol. The van der Waals surface area contributed by atoms with Gasteiger partial charge in [0.05, 0.1) is 5.56 Å². The van der Waals surface area contributed by atoms with Crippen LogP contribution in [0.15, 0.2) is 29.1 Å². The molecule has 6 nitrogen and oxygen atoms in total. The number of pyridine rings is 1. The number of carbonyl (C=O) groups excluding carboxylic acids is 1. The maximum absolute atomic E-state index is 12.6. The predicted molar refractivity (Wildman–Crippen MR) is 98.1 cm³/mol. The minimum Gasteiger partial charge on any atom is -0.494 e. The van der Waals surface area contributed by atoms with Crippen molar-refractivity contribution in [1.82, 2.24) is 4.57 Å². The van der Waals surface area contributed by atoms with Crippen LogP contribution in [0.2, 0.25) is 5.02 Å². The molecule has 1 aromatic carbocycles. The molecule has 2 rings (SSSR count). The van der Waals surface area contributed by atoms with Crippen LogP contribution in [0.3, 0.4) is 0 Å². The van der Waals surface area contributed by atoms with Crippen LogP contribution in [0.5, 0.6) is 11.6 Å². The molecule has 0 aliphatic heterocycles. The number of nitrogens with zero attached hydrogens (tertiary/aromatic N) is 2. The summed E-state index contributed by atoms with van der Waals surface area (Å²) < 4.78 is 6.51. The van der Waals surface area contributed by atoms with E-state index in [-0.39, 0.29) is 29.3 Å². The van der Waals surface area contributed by atoms with Crippen LogP contribution in [-0.4, -0.2) is 22.1 Å². The standard InChI is InChI=1S/C19H19ClN2O4/c1-4-11(2)22-18(24)15(9-21)12(3)17(19(22)25)16(23)10-26-14-7-5-13(20)6-8-14/h5-8,11,25H,4,10H2,1-3H3. The van der Waals surface area contributed by atoms with Crippen molar-refractivity contribution in [1.29, 1.82) is 5.26 Å². The normalized spacial score (nSPS) is 11.7. The second kappa shape index (κ2) is 8.07. The predicted octanol–water partition coefficient (Wildman–Crippen LogP) is 3.62. The first-order valence-electron chi connectivity index (χ1n) is 8.11. The number of ketones is 1. The molecule has 26 heavy (non-hydrogen) atoms. The van der Waals surface area contributed by atoms with Crippen LogP contribution in [-0.2, 0) is 0 Å². The van der Waals surface area contributed by atoms with Gasteiger partial charge in [-0.15, -0.1) is 0 Å². The topological polar surface area (TPSA) is 92.3 Å². The average Bonchev–Trinajstić information content (AvgIpc) is 2.61. The maximum atomic E-state index is 12.6. The highest BCUT2D eigenvalue weighted by atomic mass is 35.5. The lowest BCUT2D eigenvalue weighted by atomic mass is 10.0. The average molecular weight is 375 g/mol. The number of nitriles is 1. The Kier molecular flexibility index (Phi) is 6.06. The smallest absolute Gasteiger partial charge is 0.271 e. The van der Waals surface area contributed by atoms with E-state index in [4.69, 9.17) is 16.3 Å². The molecule has 0 fully saturated rings. The highest BCUT2D eigenvalue weighted by Gasteiger charge is 2.25. The third-order valence-corrected chi connectivity index (χ3v) is 4.49. The summed E-state index contributed by atoms with van der Waals surface area (Å²) in [6.45, 7) is 4.69. The van der Waals surface area contributed by atoms with Crippen molar-refractivity contribution in [2.75, 3.05) is 6.61 Å². The van der Waals surface area contributed by atoms with E-state index in [9.17, 15) is 20.0 Å². The van der Waals surface area contributed by atoms with Crippen LogP contribution >= 0.6 is 11.6 Å². The summed E-state index contributed by atoms with van der Waals surface area (Å²) in [6.07, 6.45) is 0.552. The molecule has 136 valence electrons. The third kappa shape index (κ3) is 3.73. The largest absolute Gasteiger partial charge is 0.494 e. The highest BCUT2D eigenvalue weighted by Crippen LogP contribution is 2.26. The molecule has 2 aromatic rings. The summed E-state index contributed by atoms with van der Waals surface area (Å²) in [5, 5.41) is 20.4. The van der Waals surface area contributed by atoms with E-state index in [1.165, 1.54) is 6.92 Å². The van der Waals surface area contributed by atoms with Crippen molar-refractivity contribution in [2.45, 2.75) is 33.2 Å². The van der Waals surface area contributed by atoms with Crippen molar-refractivity contribution in [3.63, 3.8) is 0 Å². The Bertz CT molecular complexity index is 927. The maximum Gasteiger partial charge on any atom is 0.271 e. The lowest BCUT2D eigenvalue weighted by Gasteiger charge is -2.19. The van der Waals surface area contributed by atoms with E-state index in [0.29, 0.717) is 17.2 Å². The summed E-state index contributed by atoms with van der Waals surface area (Å²) in [5.41, 5.74) is -0.681. The Hall–Kier alpha value is -2.78. The van der Waals surface area contributed by atoms with E-state index in [0.717, 1.165) is 4.57 Å². The van der Waals surface area contributed by atoms with Gasteiger partial charge in [-0.3, -0.25) is 14.2 Å². The zero-order chi connectivity index (χ0) is 19.4. The first-order valence-corrected chi connectivity index (χ1v) is 8.49. The zero-order valence-corrected chi connectivity index (χ0v) is 15.5. The number of halogens is 1. The minimum atomic E-state index is -0.605. The molecule has 7 heteroatoms. The van der Waals surface area contributed by atoms with E-state index in [1.807, 2.05) is 13.0 Å². The number of Topliss-reactive ketones (excluding diaryl/α,β-unsaturated/α-hetero) is 1. The number of rotatable bonds is 6. The molecule has 0 amide bonds. The second-order valence-corrected chi connectivity index (χ2v) is 6.35. The number of ether oxygens (including phenoxy) is 1. The van der Waals surface area contributed by atoms with Gasteiger partial charge in [0, 0.05) is 11.1 Å². The number of aromatic nitrogens is 1. The molecule has 1 aromatic heterocycles. The van der Waals surface area contributed by atoms with Gasteiger partial charge in [-0.1, -0.05) is 18.5 Å². The Morgan fingerprint density at radius 1 is 1.38 bits per heavy atom. The Morgan fingerprint density at radius 3 is 2.54 bits per heavy atom. The van der Waals surface area contributed by atoms with E-state index in [1.54, 1.807) is 31.2 Å². The lowest BCUT2D eigenvalue weighted by molar-refractivity contribution is 0.0916. The van der Waals surface area contributed by atoms with Gasteiger partial charge in [-0.25, -0.2) is 0 Å². The fourth-order valence-electron chi connectivity index (χ4n) is 2.60. The van der Waals surface area contributed by atoms with Gasteiger partial charge in [0.15, 0.2) is 6.61 Å². The molecule has 0 saturated heterocycles. The molecule has 1 unspecified atom stereocenters. The number of benzene rings is 1. The number of aromatic hydroxyl groups is 1. The Labute approximate surface area is 156 Å². The quantitative estimate of drug-likeness (QED) is 0.779. The van der Waals surface area contributed by atoms with Gasteiger partial charge < -0.3 is 9.84 Å². The van der Waals surface area contributed by atoms with E-state index < -0.39 is 17.2 Å². The van der Waals surface area contributed by atoms with Crippen LogP contribution in [0.25, 0.3) is 0 Å². The summed E-state index contributed by atoms with van der Waals surface area (Å²) in [6, 6.07) is 7.95. The van der Waals surface area contributed by atoms with Crippen LogP contribution in [0, 0.1) is 18.3 Å². The number of hydrogen-bond acceptors (Lipinski definition) is 5. The molecular weight excluding hydrogens is 356 g/mol. The van der Waals surface area contributed by atoms with Crippen molar-refractivity contribution in [3.05, 3.63) is 56.3 Å². The van der Waals surface area contributed by atoms with Gasteiger partial charge >= 0.3 is 0 Å². The zero-order valence-electron chi connectivity index (χ0n) is 14.7. The molecule has 0 aliphatic carbocycles. The fraction of sp³-hybridized carbons (Fsp3) is 0.316. The van der Waals surface area contributed by atoms with Gasteiger partial charge in [0.25, 0.3) is 5.56 Å². The number of carbonyl (C=O) groups is 1. The van der Waals surface area contributed by atoms with Gasteiger partial charge in [-0.05, 0) is 50.1 Å². The summed E-state index contributed by atoms with van der Waals surface area (Å²) in [4.78, 5) is 25.1. The van der Waals surface area contributed by atoms with Crippen LogP contribution in [0.4, 0.5) is 0 Å². The van der Waals surface area contributed by atoms with Crippen molar-refractivity contribution >= 4 is 17.4 Å². The number of hydrogen-bond donors (Lipinski definition) is 1. The minimum absolute atomic E-state index is 0.0737. The Morgan fingerprint density at radius 2 is 2.00 bits per heavy atom. The van der Waals surface area contributed by atoms with Crippen LogP contribution in [0.1, 0.15) is 47.8 Å². The summed E-state index contributed by atoms with van der Waals surface area (Å²) in [5.74, 6) is -0.523. The van der Waals surface area contributed by atoms with Crippen molar-refractivity contribution in [3.8, 4) is 17.7 Å². The van der Waals surface area contributed by atoms with Gasteiger partial charge in [0.2, 0.25) is 11.7 Å². The molecular formula is C19H19ClN2O4. The molecule has 0 spiro atoms. The summed E-state index contributed by atoms with van der Waals surface area (Å²) >= 11 is 5.80. The molecule has 0 saturated carbocycles. The molecule has 0 bridgehead atoms. The second-order valence-electron chi connectivity index (χ2n) is 5.91. The first kappa shape index (κ1) is 19.5. The van der Waals surface area contributed by atoms with E-state index in [2.05, 4.69) is 0 Å². The molecule has 0 aliphatic rings. The molecule has 1 atom stereocenters. The molecule has 1 N–H and O–H groups in total. The van der Waals surface area contributed by atoms with Crippen molar-refractivity contribution in [2.24, 2.45) is 0 Å². The fourth-order valence-corrected chi connectivity index (χ4v) is 2.73. The van der Waals surface area contributed by atoms with Gasteiger partial charge in [-0.2, -0.15) is 5.26 Å². The van der Waals surface area contributed by atoms with E-state index >= 15 is 0 Å². The molecule has 1 heterocycles. The first-order chi connectivity index (χ1) is 12.3. The SMILES string of the molecule is CCC(C)n1c(O)c(C(=O)COc2ccc(Cl)cc2)c(C)c(C#N)c1=O. The lowest BCUT2D eigenvalue weighted by Crippen LogP contribution is -2.29. The highest BCUT2D eigenvalue weighted by molar-refractivity contribution is 6.30. The summed E-state index contributed by atoms with van der Waals surface area (Å²) in [7, 11) is 0. The molecule has 0 radical (unpaired) electrons.